The van der Waals surface area contributed by atoms with Gasteiger partial charge in [0.05, 0.1) is 10.3 Å². The molecule has 1 aromatic heterocycles. The highest BCUT2D eigenvalue weighted by Crippen LogP contribution is 2.37. The van der Waals surface area contributed by atoms with Crippen LogP contribution in [0.15, 0.2) is 34.1 Å². The number of carbonyl (C=O) groups is 1. The quantitative estimate of drug-likeness (QED) is 0.278. The first kappa shape index (κ1) is 35.3. The van der Waals surface area contributed by atoms with E-state index in [4.69, 9.17) is 5.73 Å². The number of sulfonamides is 2. The van der Waals surface area contributed by atoms with Gasteiger partial charge in [-0.3, -0.25) is 4.79 Å². The third-order valence-corrected chi connectivity index (χ3v) is 12.1. The van der Waals surface area contributed by atoms with E-state index >= 15 is 0 Å². The van der Waals surface area contributed by atoms with E-state index in [0.29, 0.717) is 35.8 Å². The Labute approximate surface area is 259 Å². The number of hydrogen-bond donors (Lipinski definition) is 3. The highest BCUT2D eigenvalue weighted by molar-refractivity contribution is 7.89. The van der Waals surface area contributed by atoms with E-state index in [2.05, 4.69) is 14.0 Å². The van der Waals surface area contributed by atoms with Crippen LogP contribution in [0.25, 0.3) is 11.3 Å². The summed E-state index contributed by atoms with van der Waals surface area (Å²) >= 11 is 0. The number of nitrogens with two attached hydrogens (primary N) is 1. The Kier molecular flexibility index (Phi) is 10.4. The largest absolute Gasteiger partial charge is 0.369 e. The Morgan fingerprint density at radius 3 is 2.07 bits per heavy atom. The molecule has 1 aliphatic rings. The van der Waals surface area contributed by atoms with E-state index < -0.39 is 42.3 Å². The van der Waals surface area contributed by atoms with E-state index in [1.54, 1.807) is 39.0 Å². The van der Waals surface area contributed by atoms with Crippen LogP contribution in [0.2, 0.25) is 0 Å². The van der Waals surface area contributed by atoms with E-state index in [1.165, 1.54) is 6.42 Å². The average molecular weight is 637 g/mol. The van der Waals surface area contributed by atoms with Crippen molar-refractivity contribution in [2.24, 2.45) is 17.1 Å². The fourth-order valence-electron chi connectivity index (χ4n) is 5.44. The molecule has 1 aromatic carbocycles. The van der Waals surface area contributed by atoms with E-state index in [1.807, 2.05) is 47.6 Å². The van der Waals surface area contributed by atoms with E-state index in [9.17, 15) is 21.6 Å². The molecule has 4 N–H and O–H groups in total. The van der Waals surface area contributed by atoms with Crippen LogP contribution in [0.4, 0.5) is 0 Å². The van der Waals surface area contributed by atoms with Crippen LogP contribution in [0.3, 0.4) is 0 Å². The molecule has 43 heavy (non-hydrogen) atoms. The third kappa shape index (κ3) is 8.29. The molecule has 0 spiro atoms. The highest BCUT2D eigenvalue weighted by atomic mass is 32.2. The first-order valence-electron chi connectivity index (χ1n) is 15.3. The molecular formula is C32H52N4O5S2. The Balaban J connectivity index is 2.19. The van der Waals surface area contributed by atoms with Gasteiger partial charge in [0.25, 0.3) is 0 Å². The lowest BCUT2D eigenvalue weighted by atomic mass is 9.85. The van der Waals surface area contributed by atoms with Gasteiger partial charge in [-0.2, -0.15) is 0 Å². The Bertz CT molecular complexity index is 1540. The Hall–Kier alpha value is -2.21. The summed E-state index contributed by atoms with van der Waals surface area (Å²) in [6.07, 6.45) is 6.29. The molecule has 11 heteroatoms. The zero-order valence-electron chi connectivity index (χ0n) is 27.4. The third-order valence-electron chi connectivity index (χ3n) is 8.81. The standard InChI is InChI=1S/C32H52N4O5S2/c1-10-32(8,9)35-43(40,41)27-17-16-24(18-25(27)30(3,4)5)26-19-28(42(38,39)34-21-31(6,7)29(33)37)22(2)36(26)20-23-14-12-11-13-15-23/h16-19,23,34-35H,10-15,20-21H2,1-9H3,(H2,33,37). The van der Waals surface area contributed by atoms with Gasteiger partial charge in [-0.1, -0.05) is 53.0 Å². The molecule has 0 atom stereocenters. The van der Waals surface area contributed by atoms with Crippen LogP contribution in [0.1, 0.15) is 105 Å². The SMILES string of the molecule is CCC(C)(C)NS(=O)(=O)c1ccc(-c2cc(S(=O)(=O)NCC(C)(C)C(N)=O)c(C)n2CC2CCCCC2)cc1C(C)(C)C. The molecule has 1 heterocycles. The van der Waals surface area contributed by atoms with Crippen LogP contribution in [0, 0.1) is 18.3 Å². The Morgan fingerprint density at radius 2 is 1.53 bits per heavy atom. The van der Waals surface area contributed by atoms with Crippen molar-refractivity contribution in [2.45, 2.75) is 128 Å². The Morgan fingerprint density at radius 1 is 0.930 bits per heavy atom. The molecule has 0 unspecified atom stereocenters. The summed E-state index contributed by atoms with van der Waals surface area (Å²) in [7, 11) is -7.82. The van der Waals surface area contributed by atoms with Crippen molar-refractivity contribution < 1.29 is 21.6 Å². The van der Waals surface area contributed by atoms with Crippen LogP contribution >= 0.6 is 0 Å². The number of aromatic nitrogens is 1. The van der Waals surface area contributed by atoms with Crippen LogP contribution < -0.4 is 15.2 Å². The van der Waals surface area contributed by atoms with Gasteiger partial charge >= 0.3 is 0 Å². The predicted octanol–water partition coefficient (Wildman–Crippen LogP) is 5.60. The lowest BCUT2D eigenvalue weighted by Crippen LogP contribution is -2.43. The minimum Gasteiger partial charge on any atom is -0.369 e. The van der Waals surface area contributed by atoms with Gasteiger partial charge in [0.2, 0.25) is 26.0 Å². The average Bonchev–Trinajstić information content (AvgIpc) is 3.23. The van der Waals surface area contributed by atoms with Crippen molar-refractivity contribution in [2.75, 3.05) is 6.54 Å². The second-order valence-electron chi connectivity index (χ2n) is 14.5. The van der Waals surface area contributed by atoms with Gasteiger partial charge in [-0.15, -0.1) is 0 Å². The zero-order valence-corrected chi connectivity index (χ0v) is 29.1. The highest BCUT2D eigenvalue weighted by Gasteiger charge is 2.33. The topological polar surface area (TPSA) is 140 Å². The maximum Gasteiger partial charge on any atom is 0.242 e. The molecule has 0 radical (unpaired) electrons. The van der Waals surface area contributed by atoms with Gasteiger partial charge in [0.1, 0.15) is 4.90 Å². The molecule has 0 aliphatic heterocycles. The summed E-state index contributed by atoms with van der Waals surface area (Å²) in [6, 6.07) is 6.97. The smallest absolute Gasteiger partial charge is 0.242 e. The lowest BCUT2D eigenvalue weighted by molar-refractivity contribution is -0.125. The molecule has 9 nitrogen and oxygen atoms in total. The van der Waals surface area contributed by atoms with Gasteiger partial charge < -0.3 is 10.3 Å². The summed E-state index contributed by atoms with van der Waals surface area (Å²) in [5, 5.41) is 0. The molecule has 242 valence electrons. The second kappa shape index (κ2) is 12.7. The first-order chi connectivity index (χ1) is 19.6. The summed E-state index contributed by atoms with van der Waals surface area (Å²) < 4.78 is 62.0. The second-order valence-corrected chi connectivity index (χ2v) is 17.9. The lowest BCUT2D eigenvalue weighted by Gasteiger charge is -2.28. The van der Waals surface area contributed by atoms with E-state index in [0.717, 1.165) is 31.2 Å². The number of nitrogens with zero attached hydrogens (tertiary/aromatic N) is 1. The van der Waals surface area contributed by atoms with E-state index in [-0.39, 0.29) is 16.3 Å². The normalized spacial score (nSPS) is 16.0. The summed E-state index contributed by atoms with van der Waals surface area (Å²) in [5.41, 5.74) is 6.02. The van der Waals surface area contributed by atoms with Gasteiger partial charge in [0.15, 0.2) is 0 Å². The van der Waals surface area contributed by atoms with Crippen LogP contribution in [0.5, 0.6) is 0 Å². The molecule has 1 fully saturated rings. The van der Waals surface area contributed by atoms with Crippen molar-refractivity contribution in [1.29, 1.82) is 0 Å². The number of hydrogen-bond acceptors (Lipinski definition) is 5. The fraction of sp³-hybridized carbons (Fsp3) is 0.656. The number of primary amides is 1. The number of amides is 1. The number of nitrogens with one attached hydrogen (secondary N) is 2. The summed E-state index contributed by atoms with van der Waals surface area (Å²) in [6.45, 7) is 17.1. The molecule has 0 saturated heterocycles. The minimum absolute atomic E-state index is 0.130. The molecule has 0 bridgehead atoms. The monoisotopic (exact) mass is 636 g/mol. The number of benzene rings is 1. The van der Waals surface area contributed by atoms with Crippen molar-refractivity contribution in [1.82, 2.24) is 14.0 Å². The van der Waals surface area contributed by atoms with Crippen molar-refractivity contribution in [3.8, 4) is 11.3 Å². The van der Waals surface area contributed by atoms with Gasteiger partial charge in [0, 0.05) is 30.0 Å². The fourth-order valence-corrected chi connectivity index (χ4v) is 8.79. The maximum atomic E-state index is 13.6. The zero-order chi connectivity index (χ0) is 32.6. The van der Waals surface area contributed by atoms with Crippen molar-refractivity contribution in [3.05, 3.63) is 35.5 Å². The van der Waals surface area contributed by atoms with Crippen LogP contribution in [-0.4, -0.2) is 39.4 Å². The first-order valence-corrected chi connectivity index (χ1v) is 18.3. The molecule has 3 rings (SSSR count). The van der Waals surface area contributed by atoms with Crippen molar-refractivity contribution >= 4 is 26.0 Å². The number of carbonyl (C=O) groups excluding carboxylic acids is 1. The number of rotatable bonds is 12. The summed E-state index contributed by atoms with van der Waals surface area (Å²) in [5.74, 6) is -0.179. The minimum atomic E-state index is -3.99. The van der Waals surface area contributed by atoms with Crippen LogP contribution in [-0.2, 0) is 36.8 Å². The predicted molar refractivity (Wildman–Crippen MR) is 173 cm³/mol. The summed E-state index contributed by atoms with van der Waals surface area (Å²) in [4.78, 5) is 12.2. The molecule has 1 saturated carbocycles. The molecular weight excluding hydrogens is 585 g/mol. The molecule has 1 amide bonds. The van der Waals surface area contributed by atoms with Gasteiger partial charge in [-0.05, 0) is 94.5 Å². The molecule has 1 aliphatic carbocycles. The maximum absolute atomic E-state index is 13.6. The van der Waals surface area contributed by atoms with Crippen molar-refractivity contribution in [3.63, 3.8) is 0 Å². The van der Waals surface area contributed by atoms with Gasteiger partial charge in [-0.25, -0.2) is 26.3 Å². The molecule has 2 aromatic rings.